The van der Waals surface area contributed by atoms with Gasteiger partial charge in [-0.05, 0) is 51.9 Å². The fraction of sp³-hybridized carbons (Fsp3) is 0.842. The van der Waals surface area contributed by atoms with Crippen molar-refractivity contribution in [1.82, 2.24) is 15.2 Å². The number of hydrogen-bond acceptors (Lipinski definition) is 5. The summed E-state index contributed by atoms with van der Waals surface area (Å²) in [7, 11) is 0. The molecule has 5 heteroatoms. The molecule has 134 valence electrons. The van der Waals surface area contributed by atoms with Gasteiger partial charge < -0.3 is 10.4 Å². The average Bonchev–Trinajstić information content (AvgIpc) is 2.98. The van der Waals surface area contributed by atoms with Gasteiger partial charge in [0.2, 0.25) is 0 Å². The second-order valence-corrected chi connectivity index (χ2v) is 9.12. The van der Waals surface area contributed by atoms with E-state index in [0.717, 1.165) is 25.9 Å². The average molecular weight is 350 g/mol. The van der Waals surface area contributed by atoms with Crippen LogP contribution in [0.5, 0.6) is 0 Å². The topological polar surface area (TPSA) is 48.4 Å². The number of nitrogens with one attached hydrogen (secondary N) is 1. The predicted molar refractivity (Wildman–Crippen MR) is 98.5 cm³/mol. The van der Waals surface area contributed by atoms with Crippen LogP contribution in [-0.4, -0.2) is 46.3 Å². The van der Waals surface area contributed by atoms with E-state index in [1.807, 2.05) is 11.3 Å². The highest BCUT2D eigenvalue weighted by Gasteiger charge is 2.33. The van der Waals surface area contributed by atoms with Crippen LogP contribution in [0.2, 0.25) is 0 Å². The Balaban J connectivity index is 1.32. The Morgan fingerprint density at radius 3 is 2.67 bits per heavy atom. The van der Waals surface area contributed by atoms with Crippen LogP contribution in [0.1, 0.15) is 73.0 Å². The zero-order valence-electron chi connectivity index (χ0n) is 14.8. The van der Waals surface area contributed by atoms with Crippen molar-refractivity contribution >= 4 is 11.3 Å². The number of hydrogen-bond donors (Lipinski definition) is 2. The van der Waals surface area contributed by atoms with Crippen LogP contribution < -0.4 is 5.32 Å². The molecule has 0 spiro atoms. The van der Waals surface area contributed by atoms with E-state index in [4.69, 9.17) is 4.98 Å². The minimum Gasteiger partial charge on any atom is -0.391 e. The molecule has 24 heavy (non-hydrogen) atoms. The SMILES string of the molecule is Cc1nc2c(s1)C(NC1CCN(C3CCCCC3O)CC1)CCC2. The zero-order valence-corrected chi connectivity index (χ0v) is 15.7. The fourth-order valence-electron chi connectivity index (χ4n) is 4.90. The van der Waals surface area contributed by atoms with Gasteiger partial charge in [-0.2, -0.15) is 0 Å². The lowest BCUT2D eigenvalue weighted by Gasteiger charge is -2.42. The molecule has 2 heterocycles. The molecule has 1 aromatic rings. The minimum absolute atomic E-state index is 0.0932. The molecule has 4 nitrogen and oxygen atoms in total. The maximum absolute atomic E-state index is 10.3. The molecule has 2 N–H and O–H groups in total. The lowest BCUT2D eigenvalue weighted by molar-refractivity contribution is 0.00650. The first-order valence-electron chi connectivity index (χ1n) is 9.85. The van der Waals surface area contributed by atoms with Crippen molar-refractivity contribution < 1.29 is 5.11 Å². The Morgan fingerprint density at radius 2 is 1.88 bits per heavy atom. The highest BCUT2D eigenvalue weighted by atomic mass is 32.1. The number of rotatable bonds is 3. The Morgan fingerprint density at radius 1 is 1.08 bits per heavy atom. The second kappa shape index (κ2) is 7.40. The third-order valence-corrected chi connectivity index (χ3v) is 7.31. The number of likely N-dealkylation sites (tertiary alicyclic amines) is 1. The second-order valence-electron chi connectivity index (χ2n) is 7.88. The maximum Gasteiger partial charge on any atom is 0.0900 e. The van der Waals surface area contributed by atoms with E-state index in [2.05, 4.69) is 17.1 Å². The molecule has 3 atom stereocenters. The van der Waals surface area contributed by atoms with E-state index < -0.39 is 0 Å². The monoisotopic (exact) mass is 349 g/mol. The van der Waals surface area contributed by atoms with Crippen molar-refractivity contribution in [1.29, 1.82) is 0 Å². The number of aryl methyl sites for hydroxylation is 2. The standard InChI is InChI=1S/C19H31N3OS/c1-13-20-15-5-4-6-16(19(15)24-13)21-14-9-11-22(12-10-14)17-7-2-3-8-18(17)23/h14,16-18,21,23H,2-12H2,1H3. The summed E-state index contributed by atoms with van der Waals surface area (Å²) < 4.78 is 0. The largest absolute Gasteiger partial charge is 0.391 e. The Hall–Kier alpha value is -0.490. The van der Waals surface area contributed by atoms with Gasteiger partial charge in [-0.25, -0.2) is 4.98 Å². The van der Waals surface area contributed by atoms with E-state index in [1.54, 1.807) is 0 Å². The summed E-state index contributed by atoms with van der Waals surface area (Å²) in [6, 6.07) is 1.57. The highest BCUT2D eigenvalue weighted by Crippen LogP contribution is 2.35. The van der Waals surface area contributed by atoms with Crippen LogP contribution in [0, 0.1) is 6.92 Å². The number of aromatic nitrogens is 1. The molecule has 0 bridgehead atoms. The summed E-state index contributed by atoms with van der Waals surface area (Å²) in [5.74, 6) is 0. The molecule has 0 aromatic carbocycles. The van der Waals surface area contributed by atoms with Gasteiger partial charge in [-0.3, -0.25) is 4.90 Å². The van der Waals surface area contributed by atoms with Crippen LogP contribution in [0.3, 0.4) is 0 Å². The number of aliphatic hydroxyl groups is 1. The molecule has 3 aliphatic rings. The molecule has 0 radical (unpaired) electrons. The molecule has 0 amide bonds. The van der Waals surface area contributed by atoms with Gasteiger partial charge in [-0.1, -0.05) is 12.8 Å². The number of fused-ring (bicyclic) bond motifs is 1. The first-order chi connectivity index (χ1) is 11.7. The van der Waals surface area contributed by atoms with Crippen molar-refractivity contribution in [2.45, 2.75) is 88.9 Å². The van der Waals surface area contributed by atoms with Gasteiger partial charge in [0.1, 0.15) is 0 Å². The van der Waals surface area contributed by atoms with E-state index >= 15 is 0 Å². The first-order valence-corrected chi connectivity index (χ1v) is 10.7. The van der Waals surface area contributed by atoms with E-state index in [-0.39, 0.29) is 6.10 Å². The van der Waals surface area contributed by atoms with Gasteiger partial charge in [0, 0.05) is 36.1 Å². The minimum atomic E-state index is -0.0932. The Bertz CT molecular complexity index is 553. The molecule has 4 rings (SSSR count). The van der Waals surface area contributed by atoms with Crippen molar-refractivity contribution in [3.8, 4) is 0 Å². The van der Waals surface area contributed by atoms with Crippen LogP contribution in [-0.2, 0) is 6.42 Å². The fourth-order valence-corrected chi connectivity index (χ4v) is 5.97. The number of piperidine rings is 1. The number of nitrogens with zero attached hydrogens (tertiary/aromatic N) is 2. The zero-order chi connectivity index (χ0) is 16.5. The van der Waals surface area contributed by atoms with Crippen molar-refractivity contribution in [2.75, 3.05) is 13.1 Å². The molecular formula is C19H31N3OS. The molecule has 1 saturated heterocycles. The Kier molecular flexibility index (Phi) is 5.23. The molecule has 2 fully saturated rings. The van der Waals surface area contributed by atoms with Crippen LogP contribution in [0.4, 0.5) is 0 Å². The number of thiazole rings is 1. The van der Waals surface area contributed by atoms with E-state index in [1.165, 1.54) is 60.5 Å². The summed E-state index contributed by atoms with van der Waals surface area (Å²) in [5.41, 5.74) is 1.35. The lowest BCUT2D eigenvalue weighted by Crippen LogP contribution is -2.52. The van der Waals surface area contributed by atoms with Crippen LogP contribution in [0.25, 0.3) is 0 Å². The summed E-state index contributed by atoms with van der Waals surface area (Å²) in [5, 5.41) is 15.5. The lowest BCUT2D eigenvalue weighted by atomic mass is 9.89. The first kappa shape index (κ1) is 17.0. The van der Waals surface area contributed by atoms with Crippen molar-refractivity contribution in [3.63, 3.8) is 0 Å². The van der Waals surface area contributed by atoms with Gasteiger partial charge >= 0.3 is 0 Å². The van der Waals surface area contributed by atoms with Gasteiger partial charge in [0.15, 0.2) is 0 Å². The molecule has 1 aliphatic heterocycles. The summed E-state index contributed by atoms with van der Waals surface area (Å²) in [4.78, 5) is 8.78. The molecule has 2 aliphatic carbocycles. The molecule has 1 saturated carbocycles. The van der Waals surface area contributed by atoms with Gasteiger partial charge in [0.25, 0.3) is 0 Å². The van der Waals surface area contributed by atoms with E-state index in [0.29, 0.717) is 18.1 Å². The molecule has 3 unspecified atom stereocenters. The maximum atomic E-state index is 10.3. The third kappa shape index (κ3) is 3.55. The van der Waals surface area contributed by atoms with Crippen LogP contribution >= 0.6 is 11.3 Å². The van der Waals surface area contributed by atoms with Crippen molar-refractivity contribution in [2.24, 2.45) is 0 Å². The number of aliphatic hydroxyl groups excluding tert-OH is 1. The Labute approximate surface area is 149 Å². The highest BCUT2D eigenvalue weighted by molar-refractivity contribution is 7.11. The third-order valence-electron chi connectivity index (χ3n) is 6.19. The van der Waals surface area contributed by atoms with Crippen LogP contribution in [0.15, 0.2) is 0 Å². The summed E-state index contributed by atoms with van der Waals surface area (Å²) >= 11 is 1.89. The predicted octanol–water partition coefficient (Wildman–Crippen LogP) is 3.19. The van der Waals surface area contributed by atoms with Crippen molar-refractivity contribution in [3.05, 3.63) is 15.6 Å². The molecule has 1 aromatic heterocycles. The summed E-state index contributed by atoms with van der Waals surface area (Å²) in [6.45, 7) is 4.41. The normalized spacial score (nSPS) is 32.7. The van der Waals surface area contributed by atoms with E-state index in [9.17, 15) is 5.11 Å². The molecular weight excluding hydrogens is 318 g/mol. The van der Waals surface area contributed by atoms with Gasteiger partial charge in [0.05, 0.1) is 16.8 Å². The smallest absolute Gasteiger partial charge is 0.0900 e. The summed E-state index contributed by atoms with van der Waals surface area (Å²) in [6.07, 6.45) is 10.7. The quantitative estimate of drug-likeness (QED) is 0.880. The van der Waals surface area contributed by atoms with Gasteiger partial charge in [-0.15, -0.1) is 11.3 Å².